The number of hydrogen-bond donors (Lipinski definition) is 2. The van der Waals surface area contributed by atoms with Gasteiger partial charge in [-0.25, -0.2) is 0 Å². The van der Waals surface area contributed by atoms with Crippen LogP contribution in [0.1, 0.15) is 26.3 Å². The first-order chi connectivity index (χ1) is 8.84. The number of halogens is 1. The third-order valence-electron chi connectivity index (χ3n) is 2.88. The monoisotopic (exact) mass is 329 g/mol. The topological polar surface area (TPSA) is 41.5 Å². The van der Waals surface area contributed by atoms with Crippen molar-refractivity contribution in [2.24, 2.45) is 5.92 Å². The van der Waals surface area contributed by atoms with Gasteiger partial charge in [0.05, 0.1) is 12.7 Å². The fourth-order valence-electron chi connectivity index (χ4n) is 1.92. The largest absolute Gasteiger partial charge is 0.497 e. The number of benzene rings is 1. The maximum atomic E-state index is 10.4. The van der Waals surface area contributed by atoms with E-state index in [1.54, 1.807) is 7.11 Å². The first kappa shape index (κ1) is 16.5. The number of rotatable bonds is 7. The second-order valence-corrected chi connectivity index (χ2v) is 6.51. The summed E-state index contributed by atoms with van der Waals surface area (Å²) in [6, 6.07) is 5.81. The van der Waals surface area contributed by atoms with Crippen LogP contribution in [0.4, 0.5) is 0 Å². The number of methoxy groups -OCH3 is 1. The number of nitrogens with one attached hydrogen (secondary N) is 1. The quantitative estimate of drug-likeness (QED) is 0.808. The van der Waals surface area contributed by atoms with Gasteiger partial charge in [-0.3, -0.25) is 0 Å². The van der Waals surface area contributed by atoms with E-state index >= 15 is 0 Å². The Morgan fingerprint density at radius 2 is 2.11 bits per heavy atom. The molecule has 1 atom stereocenters. The van der Waals surface area contributed by atoms with Gasteiger partial charge in [0.25, 0.3) is 0 Å². The van der Waals surface area contributed by atoms with E-state index in [1.165, 1.54) is 0 Å². The molecule has 0 aliphatic heterocycles. The molecule has 0 heterocycles. The smallest absolute Gasteiger partial charge is 0.119 e. The van der Waals surface area contributed by atoms with Crippen molar-refractivity contribution in [3.63, 3.8) is 0 Å². The molecule has 0 saturated carbocycles. The summed E-state index contributed by atoms with van der Waals surface area (Å²) in [5.41, 5.74) is 0.278. The highest BCUT2D eigenvalue weighted by molar-refractivity contribution is 9.10. The summed E-state index contributed by atoms with van der Waals surface area (Å²) in [6.45, 7) is 7.65. The Labute approximate surface area is 124 Å². The summed E-state index contributed by atoms with van der Waals surface area (Å²) < 4.78 is 6.22. The van der Waals surface area contributed by atoms with E-state index in [0.717, 1.165) is 22.3 Å². The minimum absolute atomic E-state index is 0.578. The standard InChI is InChI=1S/C15H24BrNO2/c1-11(2)9-17-10-15(3,18)8-12-7-13(19-4)5-6-14(12)16/h5-7,11,17-18H,8-10H2,1-4H3. The zero-order valence-electron chi connectivity index (χ0n) is 12.2. The van der Waals surface area contributed by atoms with Crippen LogP contribution in [-0.4, -0.2) is 30.9 Å². The minimum atomic E-state index is -0.774. The average Bonchev–Trinajstić information content (AvgIpc) is 2.31. The number of ether oxygens (including phenoxy) is 1. The third-order valence-corrected chi connectivity index (χ3v) is 3.66. The molecule has 0 radical (unpaired) electrons. The molecule has 0 bridgehead atoms. The first-order valence-electron chi connectivity index (χ1n) is 6.59. The third kappa shape index (κ3) is 5.93. The van der Waals surface area contributed by atoms with Gasteiger partial charge in [0.1, 0.15) is 5.75 Å². The molecular formula is C15H24BrNO2. The fraction of sp³-hybridized carbons (Fsp3) is 0.600. The van der Waals surface area contributed by atoms with Crippen LogP contribution in [0, 0.1) is 5.92 Å². The van der Waals surface area contributed by atoms with Gasteiger partial charge in [0, 0.05) is 17.4 Å². The molecule has 4 heteroatoms. The minimum Gasteiger partial charge on any atom is -0.497 e. The predicted octanol–water partition coefficient (Wildman–Crippen LogP) is 3.00. The van der Waals surface area contributed by atoms with E-state index in [4.69, 9.17) is 4.74 Å². The van der Waals surface area contributed by atoms with E-state index in [2.05, 4.69) is 35.1 Å². The molecule has 0 amide bonds. The van der Waals surface area contributed by atoms with Crippen LogP contribution in [-0.2, 0) is 6.42 Å². The number of hydrogen-bond acceptors (Lipinski definition) is 3. The van der Waals surface area contributed by atoms with Crippen molar-refractivity contribution >= 4 is 15.9 Å². The van der Waals surface area contributed by atoms with E-state index < -0.39 is 5.60 Å². The van der Waals surface area contributed by atoms with Crippen molar-refractivity contribution in [2.75, 3.05) is 20.2 Å². The van der Waals surface area contributed by atoms with Crippen molar-refractivity contribution < 1.29 is 9.84 Å². The zero-order chi connectivity index (χ0) is 14.5. The molecule has 1 aromatic rings. The van der Waals surface area contributed by atoms with Crippen molar-refractivity contribution in [3.8, 4) is 5.75 Å². The Morgan fingerprint density at radius 3 is 2.68 bits per heavy atom. The van der Waals surface area contributed by atoms with Gasteiger partial charge >= 0.3 is 0 Å². The van der Waals surface area contributed by atoms with Crippen LogP contribution in [0.2, 0.25) is 0 Å². The molecule has 0 aliphatic rings. The van der Waals surface area contributed by atoms with Gasteiger partial charge in [0.15, 0.2) is 0 Å². The second-order valence-electron chi connectivity index (χ2n) is 5.66. The summed E-state index contributed by atoms with van der Waals surface area (Å²) in [4.78, 5) is 0. The molecule has 19 heavy (non-hydrogen) atoms. The van der Waals surface area contributed by atoms with Crippen molar-refractivity contribution in [3.05, 3.63) is 28.2 Å². The Hall–Kier alpha value is -0.580. The highest BCUT2D eigenvalue weighted by atomic mass is 79.9. The van der Waals surface area contributed by atoms with E-state index in [-0.39, 0.29) is 0 Å². The molecule has 2 N–H and O–H groups in total. The molecule has 0 fully saturated rings. The highest BCUT2D eigenvalue weighted by Crippen LogP contribution is 2.26. The van der Waals surface area contributed by atoms with Crippen LogP contribution < -0.4 is 10.1 Å². The van der Waals surface area contributed by atoms with Gasteiger partial charge in [-0.2, -0.15) is 0 Å². The fourth-order valence-corrected chi connectivity index (χ4v) is 2.30. The number of aliphatic hydroxyl groups is 1. The Bertz CT molecular complexity index is 405. The second kappa shape index (κ2) is 7.27. The molecule has 0 aliphatic carbocycles. The summed E-state index contributed by atoms with van der Waals surface area (Å²) in [5, 5.41) is 13.7. The van der Waals surface area contributed by atoms with Gasteiger partial charge in [-0.15, -0.1) is 0 Å². The van der Waals surface area contributed by atoms with E-state index in [0.29, 0.717) is 18.9 Å². The molecule has 1 unspecified atom stereocenters. The van der Waals surface area contributed by atoms with Gasteiger partial charge in [-0.05, 0) is 43.1 Å². The summed E-state index contributed by atoms with van der Waals surface area (Å²) in [6.07, 6.45) is 0.579. The maximum absolute atomic E-state index is 10.4. The van der Waals surface area contributed by atoms with Gasteiger partial charge in [-0.1, -0.05) is 29.8 Å². The van der Waals surface area contributed by atoms with E-state index in [1.807, 2.05) is 25.1 Å². The summed E-state index contributed by atoms with van der Waals surface area (Å²) in [7, 11) is 1.65. The Balaban J connectivity index is 2.66. The highest BCUT2D eigenvalue weighted by Gasteiger charge is 2.22. The van der Waals surface area contributed by atoms with Crippen LogP contribution in [0.5, 0.6) is 5.75 Å². The molecule has 108 valence electrons. The lowest BCUT2D eigenvalue weighted by atomic mass is 9.96. The molecule has 0 aromatic heterocycles. The Kier molecular flexibility index (Phi) is 6.30. The first-order valence-corrected chi connectivity index (χ1v) is 7.39. The molecule has 1 rings (SSSR count). The average molecular weight is 330 g/mol. The van der Waals surface area contributed by atoms with E-state index in [9.17, 15) is 5.11 Å². The molecule has 0 spiro atoms. The summed E-state index contributed by atoms with van der Waals surface area (Å²) in [5.74, 6) is 1.39. The lowest BCUT2D eigenvalue weighted by Crippen LogP contribution is -2.41. The van der Waals surface area contributed by atoms with Gasteiger partial charge < -0.3 is 15.2 Å². The van der Waals surface area contributed by atoms with Crippen LogP contribution >= 0.6 is 15.9 Å². The molecule has 3 nitrogen and oxygen atoms in total. The van der Waals surface area contributed by atoms with Crippen molar-refractivity contribution in [2.45, 2.75) is 32.8 Å². The lowest BCUT2D eigenvalue weighted by molar-refractivity contribution is 0.0594. The molecule has 0 saturated heterocycles. The van der Waals surface area contributed by atoms with Crippen molar-refractivity contribution in [1.82, 2.24) is 5.32 Å². The Morgan fingerprint density at radius 1 is 1.42 bits per heavy atom. The molecular weight excluding hydrogens is 306 g/mol. The predicted molar refractivity (Wildman–Crippen MR) is 82.7 cm³/mol. The molecule has 1 aromatic carbocycles. The van der Waals surface area contributed by atoms with Crippen LogP contribution in [0.15, 0.2) is 22.7 Å². The lowest BCUT2D eigenvalue weighted by Gasteiger charge is -2.25. The van der Waals surface area contributed by atoms with Crippen LogP contribution in [0.3, 0.4) is 0 Å². The van der Waals surface area contributed by atoms with Gasteiger partial charge in [0.2, 0.25) is 0 Å². The normalized spacial score (nSPS) is 14.5. The maximum Gasteiger partial charge on any atom is 0.119 e. The van der Waals surface area contributed by atoms with Crippen molar-refractivity contribution in [1.29, 1.82) is 0 Å². The van der Waals surface area contributed by atoms with Crippen LogP contribution in [0.25, 0.3) is 0 Å². The summed E-state index contributed by atoms with van der Waals surface area (Å²) >= 11 is 3.52. The zero-order valence-corrected chi connectivity index (χ0v) is 13.8. The SMILES string of the molecule is COc1ccc(Br)c(CC(C)(O)CNCC(C)C)c1.